The highest BCUT2D eigenvalue weighted by Crippen LogP contribution is 2.23. The molecule has 0 aliphatic carbocycles. The Bertz CT molecular complexity index is 869. The first-order chi connectivity index (χ1) is 11.0. The van der Waals surface area contributed by atoms with Gasteiger partial charge in [0.25, 0.3) is 11.8 Å². The normalized spacial score (nSPS) is 12.8. The fourth-order valence-corrected chi connectivity index (χ4v) is 2.16. The first-order valence-electron chi connectivity index (χ1n) is 6.29. The lowest BCUT2D eigenvalue weighted by Crippen LogP contribution is -2.33. The Kier molecular flexibility index (Phi) is 3.52. The number of aromatic nitrogens is 1. The monoisotopic (exact) mass is 327 g/mol. The average Bonchev–Trinajstić information content (AvgIpc) is 2.80. The maximum Gasteiger partial charge on any atom is 0.382 e. The molecule has 23 heavy (non-hydrogen) atoms. The van der Waals surface area contributed by atoms with Crippen molar-refractivity contribution in [3.8, 4) is 6.07 Å². The summed E-state index contributed by atoms with van der Waals surface area (Å²) in [5, 5.41) is 9.29. The molecule has 1 aromatic heterocycles. The summed E-state index contributed by atoms with van der Waals surface area (Å²) in [6.07, 6.45) is 0. The third-order valence-electron chi connectivity index (χ3n) is 3.09. The van der Waals surface area contributed by atoms with Crippen LogP contribution >= 0.6 is 11.6 Å². The number of hydrogen-bond donors (Lipinski definition) is 0. The molecule has 0 fully saturated rings. The first-order valence-corrected chi connectivity index (χ1v) is 6.67. The van der Waals surface area contributed by atoms with Crippen molar-refractivity contribution in [3.05, 3.63) is 63.9 Å². The van der Waals surface area contributed by atoms with E-state index in [4.69, 9.17) is 21.7 Å². The van der Waals surface area contributed by atoms with E-state index in [0.29, 0.717) is 5.06 Å². The van der Waals surface area contributed by atoms with Gasteiger partial charge >= 0.3 is 5.97 Å². The first kappa shape index (κ1) is 14.7. The van der Waals surface area contributed by atoms with E-state index in [0.717, 1.165) is 0 Å². The summed E-state index contributed by atoms with van der Waals surface area (Å²) in [7, 11) is 0. The largest absolute Gasteiger partial charge is 0.382 e. The molecular formula is C15H6ClN3O4. The summed E-state index contributed by atoms with van der Waals surface area (Å²) < 4.78 is 0. The SMILES string of the molecule is N#Cc1nc(C(=O)ON2C(=O)c3ccccc3C2=O)ccc1Cl. The zero-order valence-electron chi connectivity index (χ0n) is 11.3. The molecule has 0 bridgehead atoms. The van der Waals surface area contributed by atoms with Crippen molar-refractivity contribution in [1.29, 1.82) is 5.26 Å². The molecule has 112 valence electrons. The van der Waals surface area contributed by atoms with Gasteiger partial charge in [-0.1, -0.05) is 28.8 Å². The van der Waals surface area contributed by atoms with Crippen LogP contribution in [0.15, 0.2) is 36.4 Å². The smallest absolute Gasteiger partial charge is 0.323 e. The van der Waals surface area contributed by atoms with E-state index >= 15 is 0 Å². The minimum Gasteiger partial charge on any atom is -0.323 e. The van der Waals surface area contributed by atoms with Crippen LogP contribution in [0.25, 0.3) is 0 Å². The predicted molar refractivity (Wildman–Crippen MR) is 76.3 cm³/mol. The molecule has 2 aromatic rings. The number of nitrogens with zero attached hydrogens (tertiary/aromatic N) is 3. The molecule has 1 aliphatic heterocycles. The van der Waals surface area contributed by atoms with Crippen LogP contribution in [0.3, 0.4) is 0 Å². The highest BCUT2D eigenvalue weighted by molar-refractivity contribution is 6.31. The van der Waals surface area contributed by atoms with Crippen molar-refractivity contribution in [2.24, 2.45) is 0 Å². The Morgan fingerprint density at radius 3 is 2.30 bits per heavy atom. The molecule has 0 saturated heterocycles. The fourth-order valence-electron chi connectivity index (χ4n) is 2.01. The van der Waals surface area contributed by atoms with Crippen molar-refractivity contribution >= 4 is 29.4 Å². The standard InChI is InChI=1S/C15H6ClN3O4/c16-10-5-6-11(18-12(10)7-17)15(22)23-19-13(20)8-3-1-2-4-9(8)14(19)21/h1-6H. The van der Waals surface area contributed by atoms with E-state index in [9.17, 15) is 14.4 Å². The van der Waals surface area contributed by atoms with E-state index in [2.05, 4.69) is 4.98 Å². The van der Waals surface area contributed by atoms with Crippen LogP contribution in [-0.2, 0) is 4.84 Å². The number of halogens is 1. The average molecular weight is 328 g/mol. The van der Waals surface area contributed by atoms with Crippen molar-refractivity contribution in [3.63, 3.8) is 0 Å². The van der Waals surface area contributed by atoms with Gasteiger partial charge in [-0.25, -0.2) is 9.78 Å². The molecule has 2 heterocycles. The molecule has 0 N–H and O–H groups in total. The zero-order chi connectivity index (χ0) is 16.6. The number of rotatable bonds is 2. The lowest BCUT2D eigenvalue weighted by Gasteiger charge is -2.12. The highest BCUT2D eigenvalue weighted by atomic mass is 35.5. The molecule has 1 aromatic carbocycles. The fraction of sp³-hybridized carbons (Fsp3) is 0. The Balaban J connectivity index is 1.86. The van der Waals surface area contributed by atoms with Crippen LogP contribution in [0, 0.1) is 11.3 Å². The Morgan fingerprint density at radius 2 is 1.74 bits per heavy atom. The molecule has 0 spiro atoms. The highest BCUT2D eigenvalue weighted by Gasteiger charge is 2.39. The summed E-state index contributed by atoms with van der Waals surface area (Å²) in [6.45, 7) is 0. The Hall–Kier alpha value is -3.24. The molecular weight excluding hydrogens is 322 g/mol. The van der Waals surface area contributed by atoms with Crippen LogP contribution in [0.4, 0.5) is 0 Å². The van der Waals surface area contributed by atoms with Gasteiger partial charge in [-0.15, -0.1) is 0 Å². The molecule has 1 aliphatic rings. The number of nitriles is 1. The Morgan fingerprint density at radius 1 is 1.13 bits per heavy atom. The summed E-state index contributed by atoms with van der Waals surface area (Å²) >= 11 is 5.72. The lowest BCUT2D eigenvalue weighted by molar-refractivity contribution is -0.0588. The third kappa shape index (κ3) is 2.41. The summed E-state index contributed by atoms with van der Waals surface area (Å²) in [6, 6.07) is 10.3. The lowest BCUT2D eigenvalue weighted by atomic mass is 10.1. The van der Waals surface area contributed by atoms with Gasteiger partial charge < -0.3 is 4.84 Å². The third-order valence-corrected chi connectivity index (χ3v) is 3.40. The van der Waals surface area contributed by atoms with Crippen molar-refractivity contribution in [2.75, 3.05) is 0 Å². The van der Waals surface area contributed by atoms with E-state index in [1.807, 2.05) is 0 Å². The van der Waals surface area contributed by atoms with Gasteiger partial charge in [-0.2, -0.15) is 5.26 Å². The summed E-state index contributed by atoms with van der Waals surface area (Å²) in [5.41, 5.74) is -0.120. The van der Waals surface area contributed by atoms with E-state index in [-0.39, 0.29) is 27.5 Å². The van der Waals surface area contributed by atoms with Gasteiger partial charge in [-0.05, 0) is 24.3 Å². The van der Waals surface area contributed by atoms with Crippen LogP contribution in [0.1, 0.15) is 36.9 Å². The van der Waals surface area contributed by atoms with E-state index in [1.54, 1.807) is 18.2 Å². The van der Waals surface area contributed by atoms with E-state index < -0.39 is 17.8 Å². The maximum absolute atomic E-state index is 12.1. The number of fused-ring (bicyclic) bond motifs is 1. The number of pyridine rings is 1. The number of amides is 2. The molecule has 3 rings (SSSR count). The van der Waals surface area contributed by atoms with Gasteiger partial charge in [0.05, 0.1) is 16.1 Å². The molecule has 0 saturated carbocycles. The number of imide groups is 1. The molecule has 8 heteroatoms. The van der Waals surface area contributed by atoms with Crippen molar-refractivity contribution in [2.45, 2.75) is 0 Å². The molecule has 7 nitrogen and oxygen atoms in total. The number of hydroxylamine groups is 2. The zero-order valence-corrected chi connectivity index (χ0v) is 12.1. The number of benzene rings is 1. The van der Waals surface area contributed by atoms with Gasteiger partial charge in [0.15, 0.2) is 11.4 Å². The molecule has 0 atom stereocenters. The second-order valence-corrected chi connectivity index (χ2v) is 4.87. The van der Waals surface area contributed by atoms with Crippen molar-refractivity contribution < 1.29 is 19.2 Å². The van der Waals surface area contributed by atoms with Gasteiger partial charge in [-0.3, -0.25) is 9.59 Å². The summed E-state index contributed by atoms with van der Waals surface area (Å²) in [4.78, 5) is 44.7. The van der Waals surface area contributed by atoms with Crippen molar-refractivity contribution in [1.82, 2.24) is 10.0 Å². The number of hydrogen-bond acceptors (Lipinski definition) is 6. The van der Waals surface area contributed by atoms with Crippen LogP contribution < -0.4 is 0 Å². The number of carbonyl (C=O) groups is 3. The molecule has 2 amide bonds. The number of carbonyl (C=O) groups excluding carboxylic acids is 3. The van der Waals surface area contributed by atoms with Gasteiger partial charge in [0.2, 0.25) is 0 Å². The minimum absolute atomic E-state index is 0.0739. The quantitative estimate of drug-likeness (QED) is 0.782. The maximum atomic E-state index is 12.1. The minimum atomic E-state index is -1.05. The van der Waals surface area contributed by atoms with Gasteiger partial charge in [0.1, 0.15) is 6.07 Å². The van der Waals surface area contributed by atoms with E-state index in [1.165, 1.54) is 24.3 Å². The Labute approximate surface area is 134 Å². The summed E-state index contributed by atoms with van der Waals surface area (Å²) in [5.74, 6) is -2.53. The molecule has 0 radical (unpaired) electrons. The topological polar surface area (TPSA) is 100 Å². The van der Waals surface area contributed by atoms with Gasteiger partial charge in [0, 0.05) is 0 Å². The van der Waals surface area contributed by atoms with Crippen LogP contribution in [0.5, 0.6) is 0 Å². The predicted octanol–water partition coefficient (Wildman–Crippen LogP) is 1.97. The second-order valence-electron chi connectivity index (χ2n) is 4.47. The molecule has 0 unspecified atom stereocenters. The second kappa shape index (κ2) is 5.51. The van der Waals surface area contributed by atoms with Crippen LogP contribution in [-0.4, -0.2) is 27.8 Å². The van der Waals surface area contributed by atoms with Crippen LogP contribution in [0.2, 0.25) is 5.02 Å².